The van der Waals surface area contributed by atoms with Gasteiger partial charge in [0.2, 0.25) is 0 Å². The van der Waals surface area contributed by atoms with Crippen LogP contribution in [0.15, 0.2) is 64.8 Å². The number of alkyl halides is 3. The zero-order valence-corrected chi connectivity index (χ0v) is 15.2. The minimum atomic E-state index is -4.75. The van der Waals surface area contributed by atoms with Crippen molar-refractivity contribution in [3.05, 3.63) is 76.0 Å². The van der Waals surface area contributed by atoms with E-state index >= 15 is 0 Å². The summed E-state index contributed by atoms with van der Waals surface area (Å²) in [6.07, 6.45) is -3.17. The van der Waals surface area contributed by atoms with Crippen LogP contribution in [0.3, 0.4) is 0 Å². The van der Waals surface area contributed by atoms with Crippen molar-refractivity contribution in [2.75, 3.05) is 0 Å². The molecule has 0 spiro atoms. The summed E-state index contributed by atoms with van der Waals surface area (Å²) < 4.78 is 53.5. The molecule has 0 aromatic heterocycles. The van der Waals surface area contributed by atoms with Gasteiger partial charge in [-0.15, -0.1) is 0 Å². The second-order valence-corrected chi connectivity index (χ2v) is 7.17. The van der Waals surface area contributed by atoms with Crippen molar-refractivity contribution in [1.82, 2.24) is 0 Å². The van der Waals surface area contributed by atoms with E-state index < -0.39 is 17.6 Å². The molecule has 1 heterocycles. The summed E-state index contributed by atoms with van der Waals surface area (Å²) in [6, 6.07) is 14.8. The van der Waals surface area contributed by atoms with Crippen LogP contribution in [0, 0.1) is 0 Å². The Hall–Kier alpha value is -1.79. The topological polar surface area (TPSA) is 18.5 Å². The maximum Gasteiger partial charge on any atom is 0.460 e. The van der Waals surface area contributed by atoms with E-state index in [0.29, 0.717) is 4.47 Å². The van der Waals surface area contributed by atoms with Crippen LogP contribution in [0.25, 0.3) is 6.08 Å². The fourth-order valence-electron chi connectivity index (χ4n) is 2.68. The molecule has 0 amide bonds. The van der Waals surface area contributed by atoms with Crippen LogP contribution in [0.1, 0.15) is 25.0 Å². The second kappa shape index (κ2) is 6.18. The highest BCUT2D eigenvalue weighted by Crippen LogP contribution is 2.54. The molecule has 2 nitrogen and oxygen atoms in total. The number of hydrogen-bond acceptors (Lipinski definition) is 2. The lowest BCUT2D eigenvalue weighted by Gasteiger charge is -2.30. The third kappa shape index (κ3) is 3.33. The maximum absolute atomic E-state index is 14.0. The van der Waals surface area contributed by atoms with E-state index in [1.54, 1.807) is 44.2 Å². The first kappa shape index (κ1) is 18.0. The molecule has 0 bridgehead atoms. The van der Waals surface area contributed by atoms with E-state index in [1.165, 1.54) is 24.3 Å². The second-order valence-electron chi connectivity index (χ2n) is 6.25. The lowest BCUT2D eigenvalue weighted by Crippen LogP contribution is -2.44. The Morgan fingerprint density at radius 2 is 1.56 bits per heavy atom. The summed E-state index contributed by atoms with van der Waals surface area (Å²) >= 11 is 3.23. The van der Waals surface area contributed by atoms with E-state index in [1.807, 2.05) is 6.07 Å². The number of hydrogen-bond donors (Lipinski definition) is 0. The highest BCUT2D eigenvalue weighted by atomic mass is 79.9. The molecule has 3 rings (SSSR count). The van der Waals surface area contributed by atoms with Gasteiger partial charge >= 0.3 is 12.0 Å². The van der Waals surface area contributed by atoms with Crippen molar-refractivity contribution in [3.63, 3.8) is 0 Å². The number of halogens is 4. The number of rotatable bonds is 2. The van der Waals surface area contributed by atoms with Gasteiger partial charge in [0.05, 0.1) is 0 Å². The molecule has 1 saturated heterocycles. The van der Waals surface area contributed by atoms with Gasteiger partial charge in [0.15, 0.2) is 0 Å². The molecule has 6 heteroatoms. The minimum Gasteiger partial charge on any atom is -0.451 e. The molecule has 0 radical (unpaired) electrons. The van der Waals surface area contributed by atoms with Gasteiger partial charge in [-0.2, -0.15) is 13.2 Å². The molecule has 1 fully saturated rings. The Morgan fingerprint density at radius 1 is 0.960 bits per heavy atom. The first-order valence-corrected chi connectivity index (χ1v) is 8.42. The predicted molar refractivity (Wildman–Crippen MR) is 92.5 cm³/mol. The molecular formula is C19H16BrF3O2. The van der Waals surface area contributed by atoms with Crippen molar-refractivity contribution < 1.29 is 22.6 Å². The standard InChI is InChI=1S/C19H16BrF3O2/c1-17(2)16(12-13-6-4-3-5-7-13)24-18(25-17,19(21,22)23)14-8-10-15(20)11-9-14/h3-12H,1-2H3/b16-12-/t18-/m1/s1. The van der Waals surface area contributed by atoms with Gasteiger partial charge in [0.25, 0.3) is 0 Å². The summed E-state index contributed by atoms with van der Waals surface area (Å²) in [5.41, 5.74) is -0.603. The fourth-order valence-corrected chi connectivity index (χ4v) is 2.94. The molecule has 1 atom stereocenters. The molecule has 0 N–H and O–H groups in total. The first-order valence-electron chi connectivity index (χ1n) is 7.63. The minimum absolute atomic E-state index is 0.104. The summed E-state index contributed by atoms with van der Waals surface area (Å²) in [5.74, 6) is -2.71. The summed E-state index contributed by atoms with van der Waals surface area (Å²) in [7, 11) is 0. The molecule has 0 aliphatic carbocycles. The van der Waals surface area contributed by atoms with Crippen LogP contribution in [-0.2, 0) is 15.3 Å². The van der Waals surface area contributed by atoms with Crippen LogP contribution in [-0.4, -0.2) is 11.8 Å². The largest absolute Gasteiger partial charge is 0.460 e. The molecule has 2 aromatic carbocycles. The van der Waals surface area contributed by atoms with Gasteiger partial charge in [0.1, 0.15) is 11.4 Å². The molecular weight excluding hydrogens is 397 g/mol. The molecule has 0 saturated carbocycles. The summed E-state index contributed by atoms with van der Waals surface area (Å²) in [4.78, 5) is 0. The van der Waals surface area contributed by atoms with Crippen molar-refractivity contribution in [2.24, 2.45) is 0 Å². The van der Waals surface area contributed by atoms with Crippen LogP contribution in [0.2, 0.25) is 0 Å². The van der Waals surface area contributed by atoms with Gasteiger partial charge < -0.3 is 9.47 Å². The lowest BCUT2D eigenvalue weighted by molar-refractivity contribution is -0.360. The Labute approximate surface area is 152 Å². The molecule has 1 aliphatic rings. The van der Waals surface area contributed by atoms with E-state index in [4.69, 9.17) is 9.47 Å². The highest BCUT2D eigenvalue weighted by molar-refractivity contribution is 9.10. The smallest absolute Gasteiger partial charge is 0.451 e. The van der Waals surface area contributed by atoms with Gasteiger partial charge in [-0.1, -0.05) is 58.4 Å². The van der Waals surface area contributed by atoms with Crippen LogP contribution < -0.4 is 0 Å². The Balaban J connectivity index is 2.10. The van der Waals surface area contributed by atoms with Crippen LogP contribution in [0.4, 0.5) is 13.2 Å². The highest BCUT2D eigenvalue weighted by Gasteiger charge is 2.67. The quantitative estimate of drug-likeness (QED) is 0.599. The molecule has 0 unspecified atom stereocenters. The Bertz CT molecular complexity index is 783. The van der Waals surface area contributed by atoms with Crippen molar-refractivity contribution in [2.45, 2.75) is 31.4 Å². The maximum atomic E-state index is 14.0. The molecule has 1 aliphatic heterocycles. The van der Waals surface area contributed by atoms with Crippen molar-refractivity contribution in [3.8, 4) is 0 Å². The van der Waals surface area contributed by atoms with Crippen molar-refractivity contribution in [1.29, 1.82) is 0 Å². The fraction of sp³-hybridized carbons (Fsp3) is 0.263. The lowest BCUT2D eigenvalue weighted by atomic mass is 10.0. The summed E-state index contributed by atoms with van der Waals surface area (Å²) in [6.45, 7) is 3.13. The van der Waals surface area contributed by atoms with Gasteiger partial charge in [-0.25, -0.2) is 0 Å². The molecule has 25 heavy (non-hydrogen) atoms. The normalized spacial score (nSPS) is 24.3. The predicted octanol–water partition coefficient (Wildman–Crippen LogP) is 6.03. The Morgan fingerprint density at radius 3 is 2.12 bits per heavy atom. The third-order valence-electron chi connectivity index (χ3n) is 3.94. The number of benzene rings is 2. The number of ether oxygens (including phenoxy) is 2. The first-order chi connectivity index (χ1) is 11.6. The monoisotopic (exact) mass is 412 g/mol. The average molecular weight is 413 g/mol. The van der Waals surface area contributed by atoms with E-state index in [2.05, 4.69) is 15.9 Å². The zero-order chi connectivity index (χ0) is 18.3. The van der Waals surface area contributed by atoms with Crippen LogP contribution in [0.5, 0.6) is 0 Å². The van der Waals surface area contributed by atoms with E-state index in [0.717, 1.165) is 5.56 Å². The zero-order valence-electron chi connectivity index (χ0n) is 13.6. The van der Waals surface area contributed by atoms with Gasteiger partial charge in [-0.05, 0) is 37.6 Å². The molecule has 132 valence electrons. The van der Waals surface area contributed by atoms with Crippen LogP contribution >= 0.6 is 15.9 Å². The molecule has 2 aromatic rings. The third-order valence-corrected chi connectivity index (χ3v) is 4.47. The van der Waals surface area contributed by atoms with E-state index in [9.17, 15) is 13.2 Å². The summed E-state index contributed by atoms with van der Waals surface area (Å²) in [5, 5.41) is 0. The SMILES string of the molecule is CC1(C)O[C@](c2ccc(Br)cc2)(C(F)(F)F)O/C1=C\c1ccccc1. The van der Waals surface area contributed by atoms with Gasteiger partial charge in [-0.3, -0.25) is 0 Å². The van der Waals surface area contributed by atoms with E-state index in [-0.39, 0.29) is 11.3 Å². The Kier molecular flexibility index (Phi) is 4.45. The van der Waals surface area contributed by atoms with Gasteiger partial charge in [0, 0.05) is 10.0 Å². The van der Waals surface area contributed by atoms with Crippen molar-refractivity contribution >= 4 is 22.0 Å². The average Bonchev–Trinajstić information content (AvgIpc) is 2.81.